The van der Waals surface area contributed by atoms with Crippen LogP contribution in [0.5, 0.6) is 0 Å². The van der Waals surface area contributed by atoms with Gasteiger partial charge in [0.15, 0.2) is 0 Å². The highest BCUT2D eigenvalue weighted by Crippen LogP contribution is 2.73. The van der Waals surface area contributed by atoms with E-state index in [0.29, 0.717) is 42.3 Å². The van der Waals surface area contributed by atoms with Crippen LogP contribution in [0.2, 0.25) is 0 Å². The van der Waals surface area contributed by atoms with Crippen LogP contribution in [0.25, 0.3) is 0 Å². The topological polar surface area (TPSA) is 37.3 Å². The number of aliphatic hydroxyl groups is 1. The lowest BCUT2D eigenvalue weighted by molar-refractivity contribution is -0.156. The SMILES string of the molecule is CC(=O)[C@@]1(C)[C@H](C)CC2C3CC(F)[C@@]4(Br)CC(O)CC[C@]4(C)C3CC[C@@]21C. The van der Waals surface area contributed by atoms with Crippen LogP contribution >= 0.6 is 15.9 Å². The van der Waals surface area contributed by atoms with Crippen LogP contribution in [-0.2, 0) is 4.79 Å². The molecule has 0 aromatic rings. The normalized spacial score (nSPS) is 60.3. The third kappa shape index (κ3) is 2.29. The molecule has 0 aromatic heterocycles. The Morgan fingerprint density at radius 3 is 2.33 bits per heavy atom. The van der Waals surface area contributed by atoms with Gasteiger partial charge in [-0.15, -0.1) is 0 Å². The summed E-state index contributed by atoms with van der Waals surface area (Å²) in [7, 11) is 0. The number of halogens is 2. The van der Waals surface area contributed by atoms with E-state index in [1.807, 2.05) is 0 Å². The van der Waals surface area contributed by atoms with Gasteiger partial charge in [0.25, 0.3) is 0 Å². The monoisotopic (exact) mass is 442 g/mol. The van der Waals surface area contributed by atoms with Gasteiger partial charge in [-0.3, -0.25) is 4.79 Å². The summed E-state index contributed by atoms with van der Waals surface area (Å²) >= 11 is 3.85. The van der Waals surface area contributed by atoms with Gasteiger partial charge in [0.05, 0.1) is 10.4 Å². The predicted molar refractivity (Wildman–Crippen MR) is 110 cm³/mol. The molecule has 4 rings (SSSR count). The number of rotatable bonds is 1. The second-order valence-corrected chi connectivity index (χ2v) is 12.5. The number of Topliss-reactive ketones (excluding diaryl/α,β-unsaturated/α-hetero) is 1. The van der Waals surface area contributed by atoms with Gasteiger partial charge in [0.2, 0.25) is 0 Å². The second kappa shape index (κ2) is 6.03. The molecule has 1 N–H and O–H groups in total. The van der Waals surface area contributed by atoms with E-state index in [0.717, 1.165) is 32.1 Å². The Morgan fingerprint density at radius 1 is 1.07 bits per heavy atom. The van der Waals surface area contributed by atoms with Gasteiger partial charge in [-0.2, -0.15) is 0 Å². The highest BCUT2D eigenvalue weighted by Gasteiger charge is 2.70. The molecule has 0 saturated heterocycles. The quantitative estimate of drug-likeness (QED) is 0.528. The molecule has 0 aliphatic heterocycles. The third-order valence-corrected chi connectivity index (χ3v) is 12.3. The van der Waals surface area contributed by atoms with Crippen molar-refractivity contribution in [2.24, 2.45) is 39.9 Å². The van der Waals surface area contributed by atoms with Gasteiger partial charge in [-0.25, -0.2) is 4.39 Å². The van der Waals surface area contributed by atoms with Crippen LogP contribution in [0, 0.1) is 39.9 Å². The summed E-state index contributed by atoms with van der Waals surface area (Å²) in [6.07, 6.45) is 4.66. The summed E-state index contributed by atoms with van der Waals surface area (Å²) in [5, 5.41) is 10.3. The smallest absolute Gasteiger partial charge is 0.136 e. The Labute approximate surface area is 172 Å². The van der Waals surface area contributed by atoms with Crippen molar-refractivity contribution in [1.82, 2.24) is 0 Å². The second-order valence-electron chi connectivity index (χ2n) is 11.1. The maximum atomic E-state index is 15.7. The molecule has 154 valence electrons. The number of carbonyl (C=O) groups excluding carboxylic acids is 1. The largest absolute Gasteiger partial charge is 0.393 e. The van der Waals surface area contributed by atoms with E-state index in [1.54, 1.807) is 6.92 Å². The Balaban J connectivity index is 1.74. The summed E-state index contributed by atoms with van der Waals surface area (Å²) in [5.74, 6) is 1.94. The standard InChI is InChI=1S/C23H36BrFO2/c1-13-10-18-16-11-19(25)23(24)12-15(27)6-8-21(23,4)17(16)7-9-20(18,3)22(13,5)14(2)26/h13,15-19,27H,6-12H2,1-5H3/t13-,15?,16?,17?,18?,19?,20+,21-,22-,23+/m1/s1. The zero-order valence-electron chi connectivity index (χ0n) is 17.5. The molecular formula is C23H36BrFO2. The molecule has 4 saturated carbocycles. The molecule has 0 aromatic carbocycles. The highest BCUT2D eigenvalue weighted by atomic mass is 79.9. The number of carbonyl (C=O) groups is 1. The van der Waals surface area contributed by atoms with Crippen molar-refractivity contribution < 1.29 is 14.3 Å². The lowest BCUT2D eigenvalue weighted by Crippen LogP contribution is -2.65. The summed E-state index contributed by atoms with van der Waals surface area (Å²) in [5.41, 5.74) is -0.425. The van der Waals surface area contributed by atoms with E-state index in [4.69, 9.17) is 0 Å². The fraction of sp³-hybridized carbons (Fsp3) is 0.957. The molecule has 4 fully saturated rings. The van der Waals surface area contributed by atoms with Crippen molar-refractivity contribution in [2.75, 3.05) is 0 Å². The van der Waals surface area contributed by atoms with Crippen LogP contribution in [0.3, 0.4) is 0 Å². The number of hydrogen-bond donors (Lipinski definition) is 1. The third-order valence-electron chi connectivity index (χ3n) is 10.6. The maximum absolute atomic E-state index is 15.7. The van der Waals surface area contributed by atoms with Gasteiger partial charge in [0.1, 0.15) is 12.0 Å². The van der Waals surface area contributed by atoms with Crippen LogP contribution in [-0.4, -0.2) is 27.5 Å². The number of ketones is 1. The molecule has 4 heteroatoms. The fourth-order valence-corrected chi connectivity index (χ4v) is 9.55. The molecule has 5 unspecified atom stereocenters. The van der Waals surface area contributed by atoms with Crippen LogP contribution < -0.4 is 0 Å². The van der Waals surface area contributed by atoms with E-state index in [9.17, 15) is 9.90 Å². The van der Waals surface area contributed by atoms with Gasteiger partial charge >= 0.3 is 0 Å². The zero-order chi connectivity index (χ0) is 20.0. The molecule has 4 aliphatic rings. The summed E-state index contributed by atoms with van der Waals surface area (Å²) in [6, 6.07) is 0. The van der Waals surface area contributed by atoms with E-state index in [-0.39, 0.29) is 16.2 Å². The van der Waals surface area contributed by atoms with Gasteiger partial charge in [-0.05, 0) is 86.4 Å². The average molecular weight is 443 g/mol. The number of hydrogen-bond acceptors (Lipinski definition) is 2. The van der Waals surface area contributed by atoms with Gasteiger partial charge < -0.3 is 5.11 Å². The first-order chi connectivity index (χ1) is 12.4. The average Bonchev–Trinajstić information content (AvgIpc) is 2.80. The molecule has 10 atom stereocenters. The molecule has 4 aliphatic carbocycles. The van der Waals surface area contributed by atoms with Crippen molar-refractivity contribution in [1.29, 1.82) is 0 Å². The summed E-state index contributed by atoms with van der Waals surface area (Å²) in [4.78, 5) is 12.7. The Hall–Kier alpha value is 0.0400. The van der Waals surface area contributed by atoms with Crippen molar-refractivity contribution in [2.45, 2.75) is 96.2 Å². The molecular weight excluding hydrogens is 407 g/mol. The molecule has 0 amide bonds. The predicted octanol–water partition coefficient (Wildman–Crippen LogP) is 5.70. The molecule has 0 radical (unpaired) electrons. The Kier molecular flexibility index (Phi) is 4.54. The van der Waals surface area contributed by atoms with Crippen molar-refractivity contribution in [3.8, 4) is 0 Å². The highest BCUT2D eigenvalue weighted by molar-refractivity contribution is 9.10. The molecule has 0 spiro atoms. The number of alkyl halides is 2. The van der Waals surface area contributed by atoms with Gasteiger partial charge in [-0.1, -0.05) is 43.6 Å². The minimum Gasteiger partial charge on any atom is -0.393 e. The van der Waals surface area contributed by atoms with E-state index >= 15 is 4.39 Å². The van der Waals surface area contributed by atoms with Crippen LogP contribution in [0.1, 0.15) is 79.6 Å². The first-order valence-electron chi connectivity index (χ1n) is 10.9. The summed E-state index contributed by atoms with van der Waals surface area (Å²) < 4.78 is 15.1. The Morgan fingerprint density at radius 2 is 1.70 bits per heavy atom. The number of fused-ring (bicyclic) bond motifs is 5. The van der Waals surface area contributed by atoms with Crippen molar-refractivity contribution >= 4 is 21.7 Å². The number of aliphatic hydroxyl groups excluding tert-OH is 1. The van der Waals surface area contributed by atoms with E-state index in [2.05, 4.69) is 43.6 Å². The molecule has 27 heavy (non-hydrogen) atoms. The lowest BCUT2D eigenvalue weighted by atomic mass is 9.43. The lowest BCUT2D eigenvalue weighted by Gasteiger charge is -2.65. The van der Waals surface area contributed by atoms with Crippen molar-refractivity contribution in [3.63, 3.8) is 0 Å². The Bertz CT molecular complexity index is 654. The molecule has 0 heterocycles. The maximum Gasteiger partial charge on any atom is 0.136 e. The minimum atomic E-state index is -0.930. The van der Waals surface area contributed by atoms with Crippen LogP contribution in [0.4, 0.5) is 4.39 Å². The minimum absolute atomic E-state index is 0.0179. The first-order valence-corrected chi connectivity index (χ1v) is 11.7. The van der Waals surface area contributed by atoms with Gasteiger partial charge in [0, 0.05) is 5.41 Å². The first kappa shape index (κ1) is 20.3. The summed E-state index contributed by atoms with van der Waals surface area (Å²) in [6.45, 7) is 10.8. The molecule has 0 bridgehead atoms. The van der Waals surface area contributed by atoms with E-state index < -0.39 is 16.6 Å². The van der Waals surface area contributed by atoms with Crippen molar-refractivity contribution in [3.05, 3.63) is 0 Å². The van der Waals surface area contributed by atoms with E-state index in [1.165, 1.54) is 0 Å². The zero-order valence-corrected chi connectivity index (χ0v) is 19.1. The molecule has 2 nitrogen and oxygen atoms in total. The fourth-order valence-electron chi connectivity index (χ4n) is 8.49. The van der Waals surface area contributed by atoms with Crippen LogP contribution in [0.15, 0.2) is 0 Å².